The molecule has 2 aromatic carbocycles. The van der Waals surface area contributed by atoms with Crippen molar-refractivity contribution in [2.45, 2.75) is 33.1 Å². The monoisotopic (exact) mass is 341 g/mol. The number of para-hydroxylation sites is 2. The fourth-order valence-corrected chi connectivity index (χ4v) is 3.33. The fourth-order valence-electron chi connectivity index (χ4n) is 3.12. The molecule has 0 radical (unpaired) electrons. The normalized spacial score (nSPS) is 14.4. The second-order valence-corrected chi connectivity index (χ2v) is 6.22. The van der Waals surface area contributed by atoms with Crippen LogP contribution in [0.5, 0.6) is 0 Å². The van der Waals surface area contributed by atoms with Crippen LogP contribution in [-0.2, 0) is 0 Å². The summed E-state index contributed by atoms with van der Waals surface area (Å²) in [6.45, 7) is 6.25. The van der Waals surface area contributed by atoms with E-state index in [9.17, 15) is 0 Å². The third-order valence-corrected chi connectivity index (χ3v) is 4.65. The number of H-pyrrole nitrogens is 1. The van der Waals surface area contributed by atoms with E-state index in [0.29, 0.717) is 0 Å². The van der Waals surface area contributed by atoms with Gasteiger partial charge in [0, 0.05) is 24.3 Å². The van der Waals surface area contributed by atoms with Gasteiger partial charge in [0.15, 0.2) is 0 Å². The average molecular weight is 342 g/mol. The molecule has 0 saturated carbocycles. The van der Waals surface area contributed by atoms with Crippen LogP contribution in [0.2, 0.25) is 5.02 Å². The Morgan fingerprint density at radius 2 is 1.75 bits per heavy atom. The summed E-state index contributed by atoms with van der Waals surface area (Å²) < 4.78 is 0. The molecule has 1 aliphatic rings. The maximum atomic E-state index is 6.42. The maximum absolute atomic E-state index is 6.42. The Morgan fingerprint density at radius 3 is 2.50 bits per heavy atom. The lowest BCUT2D eigenvalue weighted by molar-refractivity contribution is 0.578. The molecule has 24 heavy (non-hydrogen) atoms. The standard InChI is InChI=1S/C18H18ClN3.C2H6/c19-15-9-8-13(22-10-4-1-5-11-22)12-14(15)18-20-16-6-2-3-7-17(16)21-18;1-2/h2-3,6-9,12H,1,4-5,10-11H2,(H,20,21);1-2H3. The molecular weight excluding hydrogens is 318 g/mol. The number of nitrogens with one attached hydrogen (secondary N) is 1. The Morgan fingerprint density at radius 1 is 1.00 bits per heavy atom. The van der Waals surface area contributed by atoms with Gasteiger partial charge in [-0.3, -0.25) is 0 Å². The van der Waals surface area contributed by atoms with Gasteiger partial charge in [-0.05, 0) is 49.6 Å². The van der Waals surface area contributed by atoms with E-state index >= 15 is 0 Å². The van der Waals surface area contributed by atoms with Crippen molar-refractivity contribution in [2.24, 2.45) is 0 Å². The molecule has 0 aliphatic carbocycles. The molecule has 3 aromatic rings. The first kappa shape index (κ1) is 16.8. The maximum Gasteiger partial charge on any atom is 0.140 e. The molecule has 3 nitrogen and oxygen atoms in total. The molecule has 0 atom stereocenters. The van der Waals surface area contributed by atoms with Crippen LogP contribution >= 0.6 is 11.6 Å². The Kier molecular flexibility index (Phi) is 5.41. The van der Waals surface area contributed by atoms with Crippen molar-refractivity contribution >= 4 is 28.3 Å². The van der Waals surface area contributed by atoms with Gasteiger partial charge in [0.1, 0.15) is 5.82 Å². The topological polar surface area (TPSA) is 31.9 Å². The van der Waals surface area contributed by atoms with Crippen LogP contribution in [-0.4, -0.2) is 23.1 Å². The number of hydrogen-bond donors (Lipinski definition) is 1. The van der Waals surface area contributed by atoms with Gasteiger partial charge in [0.05, 0.1) is 16.1 Å². The largest absolute Gasteiger partial charge is 0.372 e. The molecule has 1 fully saturated rings. The number of nitrogens with zero attached hydrogens (tertiary/aromatic N) is 2. The number of imidazole rings is 1. The second kappa shape index (κ2) is 7.71. The summed E-state index contributed by atoms with van der Waals surface area (Å²) in [5.74, 6) is 0.838. The van der Waals surface area contributed by atoms with Crippen LogP contribution in [0.15, 0.2) is 42.5 Å². The smallest absolute Gasteiger partial charge is 0.140 e. The number of anilines is 1. The van der Waals surface area contributed by atoms with Crippen LogP contribution in [0.25, 0.3) is 22.4 Å². The van der Waals surface area contributed by atoms with E-state index in [1.165, 1.54) is 24.9 Å². The number of piperidine rings is 1. The van der Waals surface area contributed by atoms with Gasteiger partial charge in [-0.25, -0.2) is 4.98 Å². The lowest BCUT2D eigenvalue weighted by Crippen LogP contribution is -2.29. The average Bonchev–Trinajstić information content (AvgIpc) is 3.08. The summed E-state index contributed by atoms with van der Waals surface area (Å²) in [5, 5.41) is 0.736. The molecule has 126 valence electrons. The van der Waals surface area contributed by atoms with E-state index in [2.05, 4.69) is 27.0 Å². The lowest BCUT2D eigenvalue weighted by Gasteiger charge is -2.29. The predicted molar refractivity (Wildman–Crippen MR) is 104 cm³/mol. The molecule has 4 heteroatoms. The predicted octanol–water partition coefficient (Wildman–Crippen LogP) is 5.90. The third-order valence-electron chi connectivity index (χ3n) is 4.32. The van der Waals surface area contributed by atoms with Gasteiger partial charge >= 0.3 is 0 Å². The third kappa shape index (κ3) is 3.41. The SMILES string of the molecule is CC.Clc1ccc(N2CCCCC2)cc1-c1nc2ccccc2[nH]1. The minimum atomic E-state index is 0.736. The van der Waals surface area contributed by atoms with Gasteiger partial charge in [0.2, 0.25) is 0 Å². The van der Waals surface area contributed by atoms with E-state index in [1.54, 1.807) is 0 Å². The highest BCUT2D eigenvalue weighted by atomic mass is 35.5. The first-order chi connectivity index (χ1) is 11.8. The highest BCUT2D eigenvalue weighted by Gasteiger charge is 2.15. The van der Waals surface area contributed by atoms with E-state index in [0.717, 1.165) is 40.5 Å². The molecule has 2 heterocycles. The van der Waals surface area contributed by atoms with E-state index in [1.807, 2.05) is 44.2 Å². The Hall–Kier alpha value is -2.00. The van der Waals surface area contributed by atoms with E-state index in [4.69, 9.17) is 11.6 Å². The number of halogens is 1. The summed E-state index contributed by atoms with van der Waals surface area (Å²) in [7, 11) is 0. The number of aromatic nitrogens is 2. The molecule has 0 spiro atoms. The van der Waals surface area contributed by atoms with E-state index in [-0.39, 0.29) is 0 Å². The minimum absolute atomic E-state index is 0.736. The Bertz CT molecular complexity index is 771. The van der Waals surface area contributed by atoms with Gasteiger partial charge < -0.3 is 9.88 Å². The lowest BCUT2D eigenvalue weighted by atomic mass is 10.1. The molecule has 1 saturated heterocycles. The summed E-state index contributed by atoms with van der Waals surface area (Å²) in [4.78, 5) is 10.5. The highest BCUT2D eigenvalue weighted by Crippen LogP contribution is 2.32. The number of benzene rings is 2. The Balaban J connectivity index is 0.000000815. The van der Waals surface area contributed by atoms with Crippen LogP contribution in [0.3, 0.4) is 0 Å². The summed E-state index contributed by atoms with van der Waals surface area (Å²) in [6.07, 6.45) is 3.87. The van der Waals surface area contributed by atoms with Gasteiger partial charge in [-0.15, -0.1) is 0 Å². The molecule has 1 aliphatic heterocycles. The second-order valence-electron chi connectivity index (χ2n) is 5.81. The Labute approximate surface area is 148 Å². The van der Waals surface area contributed by atoms with Crippen LogP contribution in [0.4, 0.5) is 5.69 Å². The number of hydrogen-bond acceptors (Lipinski definition) is 2. The molecule has 0 amide bonds. The van der Waals surface area contributed by atoms with Crippen LogP contribution < -0.4 is 4.90 Å². The van der Waals surface area contributed by atoms with Gasteiger partial charge in [0.25, 0.3) is 0 Å². The van der Waals surface area contributed by atoms with Crippen molar-refractivity contribution in [3.8, 4) is 11.4 Å². The molecular formula is C20H24ClN3. The quantitative estimate of drug-likeness (QED) is 0.629. The summed E-state index contributed by atoms with van der Waals surface area (Å²) in [5.41, 5.74) is 4.22. The summed E-state index contributed by atoms with van der Waals surface area (Å²) >= 11 is 6.42. The molecule has 1 aromatic heterocycles. The van der Waals surface area contributed by atoms with Crippen LogP contribution in [0, 0.1) is 0 Å². The molecule has 1 N–H and O–H groups in total. The first-order valence-corrected chi connectivity index (χ1v) is 9.19. The van der Waals surface area contributed by atoms with Gasteiger partial charge in [-0.1, -0.05) is 37.6 Å². The van der Waals surface area contributed by atoms with Gasteiger partial charge in [-0.2, -0.15) is 0 Å². The molecule has 0 unspecified atom stereocenters. The molecule has 4 rings (SSSR count). The van der Waals surface area contributed by atoms with E-state index < -0.39 is 0 Å². The summed E-state index contributed by atoms with van der Waals surface area (Å²) in [6, 6.07) is 14.3. The van der Waals surface area contributed by atoms with Crippen molar-refractivity contribution in [3.63, 3.8) is 0 Å². The zero-order chi connectivity index (χ0) is 16.9. The number of aromatic amines is 1. The zero-order valence-electron chi connectivity index (χ0n) is 14.3. The molecule has 0 bridgehead atoms. The first-order valence-electron chi connectivity index (χ1n) is 8.81. The van der Waals surface area contributed by atoms with Crippen molar-refractivity contribution in [1.29, 1.82) is 0 Å². The van der Waals surface area contributed by atoms with Crippen molar-refractivity contribution in [2.75, 3.05) is 18.0 Å². The minimum Gasteiger partial charge on any atom is -0.372 e. The zero-order valence-corrected chi connectivity index (χ0v) is 15.1. The number of rotatable bonds is 2. The van der Waals surface area contributed by atoms with Crippen molar-refractivity contribution in [1.82, 2.24) is 9.97 Å². The highest BCUT2D eigenvalue weighted by molar-refractivity contribution is 6.33. The van der Waals surface area contributed by atoms with Crippen LogP contribution in [0.1, 0.15) is 33.1 Å². The number of fused-ring (bicyclic) bond motifs is 1. The fraction of sp³-hybridized carbons (Fsp3) is 0.350. The van der Waals surface area contributed by atoms with Crippen molar-refractivity contribution < 1.29 is 0 Å². The van der Waals surface area contributed by atoms with Crippen molar-refractivity contribution in [3.05, 3.63) is 47.5 Å².